The van der Waals surface area contributed by atoms with Crippen molar-refractivity contribution < 1.29 is 18.3 Å². The van der Waals surface area contributed by atoms with Crippen LogP contribution in [-0.2, 0) is 6.18 Å². The minimum atomic E-state index is -4.37. The molecule has 0 spiro atoms. The molecule has 0 saturated heterocycles. The number of aliphatic hydroxyl groups excluding tert-OH is 1. The Labute approximate surface area is 79.5 Å². The largest absolute Gasteiger partial charge is 0.508 e. The van der Waals surface area contributed by atoms with Gasteiger partial charge in [0, 0.05) is 5.56 Å². The van der Waals surface area contributed by atoms with Gasteiger partial charge in [0.25, 0.3) is 0 Å². The Morgan fingerprint density at radius 1 is 1.36 bits per heavy atom. The van der Waals surface area contributed by atoms with Crippen LogP contribution in [0.3, 0.4) is 0 Å². The molecule has 76 valence electrons. The Hall–Kier alpha value is -1.45. The van der Waals surface area contributed by atoms with Crippen LogP contribution in [0, 0.1) is 0 Å². The molecule has 0 fully saturated rings. The summed E-state index contributed by atoms with van der Waals surface area (Å²) in [6.07, 6.45) is -3.03. The van der Waals surface area contributed by atoms with Crippen LogP contribution in [-0.4, -0.2) is 5.11 Å². The molecule has 0 atom stereocenters. The second-order valence-corrected chi connectivity index (χ2v) is 2.75. The van der Waals surface area contributed by atoms with Gasteiger partial charge < -0.3 is 5.11 Å². The molecule has 0 aliphatic rings. The molecule has 1 N–H and O–H groups in total. The smallest absolute Gasteiger partial charge is 0.416 e. The summed E-state index contributed by atoms with van der Waals surface area (Å²) in [5.74, 6) is -0.156. The molecule has 1 aromatic carbocycles. The average Bonchev–Trinajstić information content (AvgIpc) is 2.15. The van der Waals surface area contributed by atoms with Crippen LogP contribution in [0.1, 0.15) is 18.1 Å². The van der Waals surface area contributed by atoms with E-state index in [1.54, 1.807) is 6.92 Å². The van der Waals surface area contributed by atoms with Crippen molar-refractivity contribution in [1.82, 2.24) is 0 Å². The summed E-state index contributed by atoms with van der Waals surface area (Å²) < 4.78 is 36.7. The van der Waals surface area contributed by atoms with E-state index in [0.29, 0.717) is 0 Å². The molecule has 1 aromatic rings. The lowest BCUT2D eigenvalue weighted by atomic mass is 10.1. The molecule has 0 heterocycles. The molecule has 0 saturated carbocycles. The zero-order valence-corrected chi connectivity index (χ0v) is 7.47. The van der Waals surface area contributed by atoms with Gasteiger partial charge in [0.05, 0.1) is 5.56 Å². The van der Waals surface area contributed by atoms with E-state index in [0.717, 1.165) is 12.1 Å². The SMILES string of the molecule is C/C=C(\O)c1cccc(C(F)(F)F)c1. The monoisotopic (exact) mass is 202 g/mol. The topological polar surface area (TPSA) is 20.2 Å². The first kappa shape index (κ1) is 10.6. The normalized spacial score (nSPS) is 13.0. The van der Waals surface area contributed by atoms with Crippen molar-refractivity contribution in [3.8, 4) is 0 Å². The second kappa shape index (κ2) is 3.74. The van der Waals surface area contributed by atoms with E-state index in [4.69, 9.17) is 0 Å². The number of hydrogen-bond donors (Lipinski definition) is 1. The van der Waals surface area contributed by atoms with E-state index in [9.17, 15) is 18.3 Å². The lowest BCUT2D eigenvalue weighted by Crippen LogP contribution is -2.04. The van der Waals surface area contributed by atoms with Crippen LogP contribution in [0.25, 0.3) is 5.76 Å². The second-order valence-electron chi connectivity index (χ2n) is 2.75. The summed E-state index contributed by atoms with van der Waals surface area (Å²) >= 11 is 0. The zero-order valence-electron chi connectivity index (χ0n) is 7.47. The van der Waals surface area contributed by atoms with E-state index in [-0.39, 0.29) is 11.3 Å². The van der Waals surface area contributed by atoms with Crippen molar-refractivity contribution in [1.29, 1.82) is 0 Å². The molecule has 1 nitrogen and oxygen atoms in total. The van der Waals surface area contributed by atoms with E-state index in [1.165, 1.54) is 18.2 Å². The molecular formula is C10H9F3O. The van der Waals surface area contributed by atoms with E-state index >= 15 is 0 Å². The summed E-state index contributed by atoms with van der Waals surface area (Å²) in [4.78, 5) is 0. The predicted octanol–water partition coefficient (Wildman–Crippen LogP) is 3.62. The Morgan fingerprint density at radius 3 is 2.50 bits per heavy atom. The molecule has 0 unspecified atom stereocenters. The van der Waals surface area contributed by atoms with Crippen molar-refractivity contribution in [2.24, 2.45) is 0 Å². The van der Waals surface area contributed by atoms with Gasteiger partial charge in [0.15, 0.2) is 0 Å². The number of halogens is 3. The Balaban J connectivity index is 3.14. The van der Waals surface area contributed by atoms with E-state index in [2.05, 4.69) is 0 Å². The lowest BCUT2D eigenvalue weighted by molar-refractivity contribution is -0.137. The number of hydrogen-bond acceptors (Lipinski definition) is 1. The minimum absolute atomic E-state index is 0.156. The van der Waals surface area contributed by atoms with Gasteiger partial charge in [-0.2, -0.15) is 13.2 Å². The number of allylic oxidation sites excluding steroid dienone is 1. The standard InChI is InChI=1S/C10H9F3O/c1-2-9(14)7-4-3-5-8(6-7)10(11,12)13/h2-6,14H,1H3/b9-2-. The molecule has 0 aliphatic heterocycles. The van der Waals surface area contributed by atoms with Crippen LogP contribution in [0.15, 0.2) is 30.3 Å². The number of alkyl halides is 3. The summed E-state index contributed by atoms with van der Waals surface area (Å²) in [5.41, 5.74) is -0.592. The molecule has 0 radical (unpaired) electrons. The molecule has 14 heavy (non-hydrogen) atoms. The fraction of sp³-hybridized carbons (Fsp3) is 0.200. The number of aliphatic hydroxyl groups is 1. The van der Waals surface area contributed by atoms with Gasteiger partial charge in [-0.25, -0.2) is 0 Å². The highest BCUT2D eigenvalue weighted by Gasteiger charge is 2.30. The van der Waals surface area contributed by atoms with Crippen molar-refractivity contribution in [3.63, 3.8) is 0 Å². The Kier molecular flexibility index (Phi) is 2.84. The van der Waals surface area contributed by atoms with Gasteiger partial charge in [-0.1, -0.05) is 12.1 Å². The molecule has 0 aliphatic carbocycles. The molecule has 1 rings (SSSR count). The van der Waals surface area contributed by atoms with Crippen molar-refractivity contribution in [2.75, 3.05) is 0 Å². The third-order valence-corrected chi connectivity index (χ3v) is 1.76. The molecule has 0 aromatic heterocycles. The van der Waals surface area contributed by atoms with Crippen molar-refractivity contribution >= 4 is 5.76 Å². The molecule has 4 heteroatoms. The van der Waals surface area contributed by atoms with Crippen LogP contribution in [0.4, 0.5) is 13.2 Å². The molecule has 0 bridgehead atoms. The maximum Gasteiger partial charge on any atom is 0.416 e. The predicted molar refractivity (Wildman–Crippen MR) is 47.7 cm³/mol. The van der Waals surface area contributed by atoms with Crippen molar-refractivity contribution in [2.45, 2.75) is 13.1 Å². The van der Waals surface area contributed by atoms with E-state index in [1.807, 2.05) is 0 Å². The highest BCUT2D eigenvalue weighted by Crippen LogP contribution is 2.30. The van der Waals surface area contributed by atoms with Gasteiger partial charge in [0.1, 0.15) is 5.76 Å². The number of benzene rings is 1. The first-order chi connectivity index (χ1) is 6.45. The third kappa shape index (κ3) is 2.28. The Bertz CT molecular complexity index is 353. The Morgan fingerprint density at radius 2 is 2.00 bits per heavy atom. The third-order valence-electron chi connectivity index (χ3n) is 1.76. The summed E-state index contributed by atoms with van der Waals surface area (Å²) in [6.45, 7) is 1.55. The van der Waals surface area contributed by atoms with Crippen LogP contribution in [0.2, 0.25) is 0 Å². The molecular weight excluding hydrogens is 193 g/mol. The van der Waals surface area contributed by atoms with E-state index < -0.39 is 11.7 Å². The van der Waals surface area contributed by atoms with Gasteiger partial charge in [-0.15, -0.1) is 0 Å². The number of rotatable bonds is 1. The fourth-order valence-corrected chi connectivity index (χ4v) is 1.02. The maximum absolute atomic E-state index is 12.2. The zero-order chi connectivity index (χ0) is 10.8. The van der Waals surface area contributed by atoms with Crippen LogP contribution >= 0.6 is 0 Å². The van der Waals surface area contributed by atoms with Gasteiger partial charge in [0.2, 0.25) is 0 Å². The first-order valence-electron chi connectivity index (χ1n) is 3.98. The van der Waals surface area contributed by atoms with Crippen molar-refractivity contribution in [3.05, 3.63) is 41.5 Å². The van der Waals surface area contributed by atoms with Crippen LogP contribution < -0.4 is 0 Å². The summed E-state index contributed by atoms with van der Waals surface area (Å²) in [5, 5.41) is 9.21. The lowest BCUT2D eigenvalue weighted by Gasteiger charge is -2.07. The van der Waals surface area contributed by atoms with Gasteiger partial charge >= 0.3 is 6.18 Å². The highest BCUT2D eigenvalue weighted by atomic mass is 19.4. The maximum atomic E-state index is 12.2. The minimum Gasteiger partial charge on any atom is -0.508 e. The molecule has 0 amide bonds. The van der Waals surface area contributed by atoms with Gasteiger partial charge in [-0.05, 0) is 25.1 Å². The highest BCUT2D eigenvalue weighted by molar-refractivity contribution is 5.58. The summed E-state index contributed by atoms with van der Waals surface area (Å²) in [7, 11) is 0. The quantitative estimate of drug-likeness (QED) is 0.689. The van der Waals surface area contributed by atoms with Gasteiger partial charge in [-0.3, -0.25) is 0 Å². The fourth-order valence-electron chi connectivity index (χ4n) is 1.02. The van der Waals surface area contributed by atoms with Crippen LogP contribution in [0.5, 0.6) is 0 Å². The first-order valence-corrected chi connectivity index (χ1v) is 3.98. The average molecular weight is 202 g/mol. The summed E-state index contributed by atoms with van der Waals surface area (Å²) in [6, 6.07) is 4.56.